The topological polar surface area (TPSA) is 25.2 Å². The molecule has 0 radical (unpaired) electrons. The Labute approximate surface area is 110 Å². The van der Waals surface area contributed by atoms with Crippen molar-refractivity contribution >= 4 is 23.1 Å². The first kappa shape index (κ1) is 12.7. The van der Waals surface area contributed by atoms with Crippen molar-refractivity contribution in [3.8, 4) is 0 Å². The molecule has 2 aromatic rings. The first-order valence-corrected chi connectivity index (χ1v) is 7.90. The molecule has 0 aliphatic carbocycles. The second-order valence-electron chi connectivity index (χ2n) is 3.92. The van der Waals surface area contributed by atoms with E-state index in [1.807, 2.05) is 0 Å². The van der Waals surface area contributed by atoms with E-state index >= 15 is 0 Å². The van der Waals surface area contributed by atoms with E-state index in [0.29, 0.717) is 6.04 Å². The van der Waals surface area contributed by atoms with Crippen LogP contribution in [0.3, 0.4) is 0 Å². The fraction of sp³-hybridized carbons (Fsp3) is 0.385. The number of thiophene rings is 1. The van der Waals surface area contributed by atoms with Gasteiger partial charge in [0.2, 0.25) is 0 Å². The van der Waals surface area contributed by atoms with Crippen LogP contribution in [0.2, 0.25) is 0 Å². The highest BCUT2D eigenvalue weighted by Gasteiger charge is 2.07. The highest BCUT2D eigenvalue weighted by molar-refractivity contribution is 7.97. The third-order valence-electron chi connectivity index (χ3n) is 2.56. The molecule has 0 fully saturated rings. The maximum Gasteiger partial charge on any atom is 0.118 e. The Morgan fingerprint density at radius 2 is 2.18 bits per heavy atom. The molecule has 0 saturated carbocycles. The Hall–Kier alpha value is -0.710. The minimum atomic E-state index is 0.379. The first-order chi connectivity index (χ1) is 8.29. The van der Waals surface area contributed by atoms with E-state index in [-0.39, 0.29) is 0 Å². The molecular formula is C13H17NOS2. The molecular weight excluding hydrogens is 250 g/mol. The van der Waals surface area contributed by atoms with E-state index in [9.17, 15) is 0 Å². The van der Waals surface area contributed by atoms with E-state index in [4.69, 9.17) is 4.42 Å². The average Bonchev–Trinajstić information content (AvgIpc) is 2.97. The summed E-state index contributed by atoms with van der Waals surface area (Å²) in [7, 11) is 0. The predicted octanol–water partition coefficient (Wildman–Crippen LogP) is 4.05. The van der Waals surface area contributed by atoms with Crippen LogP contribution in [0.15, 0.2) is 34.1 Å². The molecule has 0 unspecified atom stereocenters. The Bertz CT molecular complexity index is 436. The number of hydrogen-bond acceptors (Lipinski definition) is 4. The zero-order chi connectivity index (χ0) is 12.1. The second-order valence-corrected chi connectivity index (χ2v) is 5.76. The van der Waals surface area contributed by atoms with Crippen molar-refractivity contribution in [2.24, 2.45) is 0 Å². The van der Waals surface area contributed by atoms with Gasteiger partial charge in [0.1, 0.15) is 11.5 Å². The predicted molar refractivity (Wildman–Crippen MR) is 75.5 cm³/mol. The second kappa shape index (κ2) is 6.28. The zero-order valence-electron chi connectivity index (χ0n) is 10.1. The van der Waals surface area contributed by atoms with Crippen LogP contribution in [-0.4, -0.2) is 6.26 Å². The molecule has 0 amide bonds. The fourth-order valence-corrected chi connectivity index (χ4v) is 2.83. The standard InChI is InChI=1S/C13H17NOS2/c1-10(13-4-3-7-17-13)14-8-11-5-6-12(15-11)9-16-2/h3-7,10,14H,8-9H2,1-2H3/t10-/m1/s1. The summed E-state index contributed by atoms with van der Waals surface area (Å²) in [6.45, 7) is 2.96. The summed E-state index contributed by atoms with van der Waals surface area (Å²) in [5, 5.41) is 5.57. The number of thioether (sulfide) groups is 1. The zero-order valence-corrected chi connectivity index (χ0v) is 11.7. The SMILES string of the molecule is CSCc1ccc(CN[C@H](C)c2cccs2)o1. The van der Waals surface area contributed by atoms with Gasteiger partial charge in [-0.05, 0) is 36.8 Å². The molecule has 0 aliphatic rings. The lowest BCUT2D eigenvalue weighted by atomic mass is 10.2. The van der Waals surface area contributed by atoms with Gasteiger partial charge < -0.3 is 9.73 Å². The molecule has 0 spiro atoms. The summed E-state index contributed by atoms with van der Waals surface area (Å²) < 4.78 is 5.71. The van der Waals surface area contributed by atoms with E-state index in [2.05, 4.69) is 48.1 Å². The van der Waals surface area contributed by atoms with Crippen molar-refractivity contribution in [2.45, 2.75) is 25.3 Å². The van der Waals surface area contributed by atoms with Gasteiger partial charge in [0.15, 0.2) is 0 Å². The largest absolute Gasteiger partial charge is 0.464 e. The number of furan rings is 1. The average molecular weight is 267 g/mol. The van der Waals surface area contributed by atoms with Crippen LogP contribution >= 0.6 is 23.1 Å². The Balaban J connectivity index is 1.84. The summed E-state index contributed by atoms with van der Waals surface area (Å²) in [4.78, 5) is 1.36. The van der Waals surface area contributed by atoms with Gasteiger partial charge in [0.25, 0.3) is 0 Å². The number of hydrogen-bond donors (Lipinski definition) is 1. The summed E-state index contributed by atoms with van der Waals surface area (Å²) >= 11 is 3.56. The molecule has 2 nitrogen and oxygen atoms in total. The maximum atomic E-state index is 5.71. The first-order valence-electron chi connectivity index (χ1n) is 5.63. The monoisotopic (exact) mass is 267 g/mol. The van der Waals surface area contributed by atoms with Gasteiger partial charge in [0, 0.05) is 10.9 Å². The van der Waals surface area contributed by atoms with Crippen LogP contribution in [-0.2, 0) is 12.3 Å². The lowest BCUT2D eigenvalue weighted by Gasteiger charge is -2.10. The molecule has 0 aromatic carbocycles. The van der Waals surface area contributed by atoms with Crippen LogP contribution in [0.25, 0.3) is 0 Å². The quantitative estimate of drug-likeness (QED) is 0.854. The molecule has 0 saturated heterocycles. The van der Waals surface area contributed by atoms with E-state index in [0.717, 1.165) is 23.8 Å². The summed E-state index contributed by atoms with van der Waals surface area (Å²) in [5.41, 5.74) is 0. The summed E-state index contributed by atoms with van der Waals surface area (Å²) in [6.07, 6.45) is 2.08. The van der Waals surface area contributed by atoms with Crippen molar-refractivity contribution in [2.75, 3.05) is 6.26 Å². The van der Waals surface area contributed by atoms with Gasteiger partial charge in [-0.25, -0.2) is 0 Å². The molecule has 0 aliphatic heterocycles. The van der Waals surface area contributed by atoms with Crippen molar-refractivity contribution in [1.82, 2.24) is 5.32 Å². The minimum Gasteiger partial charge on any atom is -0.464 e. The van der Waals surface area contributed by atoms with Crippen LogP contribution in [0, 0.1) is 0 Å². The smallest absolute Gasteiger partial charge is 0.118 e. The van der Waals surface area contributed by atoms with Gasteiger partial charge in [-0.2, -0.15) is 11.8 Å². The fourth-order valence-electron chi connectivity index (χ4n) is 1.63. The molecule has 2 heterocycles. The minimum absolute atomic E-state index is 0.379. The third kappa shape index (κ3) is 3.63. The summed E-state index contributed by atoms with van der Waals surface area (Å²) in [5.74, 6) is 3.01. The maximum absolute atomic E-state index is 5.71. The van der Waals surface area contributed by atoms with Crippen LogP contribution in [0.4, 0.5) is 0 Å². The van der Waals surface area contributed by atoms with E-state index < -0.39 is 0 Å². The molecule has 4 heteroatoms. The van der Waals surface area contributed by atoms with Gasteiger partial charge in [-0.1, -0.05) is 6.07 Å². The number of rotatable bonds is 6. The lowest BCUT2D eigenvalue weighted by molar-refractivity contribution is 0.444. The molecule has 1 atom stereocenters. The van der Waals surface area contributed by atoms with Crippen molar-refractivity contribution < 1.29 is 4.42 Å². The van der Waals surface area contributed by atoms with Gasteiger partial charge >= 0.3 is 0 Å². The summed E-state index contributed by atoms with van der Waals surface area (Å²) in [6, 6.07) is 8.73. The van der Waals surface area contributed by atoms with Crippen LogP contribution in [0.1, 0.15) is 29.4 Å². The van der Waals surface area contributed by atoms with Gasteiger partial charge in [0.05, 0.1) is 12.3 Å². The third-order valence-corrected chi connectivity index (χ3v) is 4.18. The lowest BCUT2D eigenvalue weighted by Crippen LogP contribution is -2.16. The van der Waals surface area contributed by atoms with Crippen LogP contribution in [0.5, 0.6) is 0 Å². The van der Waals surface area contributed by atoms with Crippen molar-refractivity contribution in [3.63, 3.8) is 0 Å². The van der Waals surface area contributed by atoms with Crippen LogP contribution < -0.4 is 5.32 Å². The number of nitrogens with one attached hydrogen (secondary N) is 1. The molecule has 92 valence electrons. The molecule has 2 aromatic heterocycles. The Morgan fingerprint density at radius 3 is 2.88 bits per heavy atom. The van der Waals surface area contributed by atoms with E-state index in [1.165, 1.54) is 4.88 Å². The molecule has 0 bridgehead atoms. The molecule has 17 heavy (non-hydrogen) atoms. The highest BCUT2D eigenvalue weighted by Crippen LogP contribution is 2.19. The van der Waals surface area contributed by atoms with Crippen molar-refractivity contribution in [3.05, 3.63) is 46.0 Å². The van der Waals surface area contributed by atoms with E-state index in [1.54, 1.807) is 23.1 Å². The van der Waals surface area contributed by atoms with Gasteiger partial charge in [-0.15, -0.1) is 11.3 Å². The molecule has 2 rings (SSSR count). The Morgan fingerprint density at radius 1 is 1.35 bits per heavy atom. The van der Waals surface area contributed by atoms with Crippen molar-refractivity contribution in [1.29, 1.82) is 0 Å². The van der Waals surface area contributed by atoms with Gasteiger partial charge in [-0.3, -0.25) is 0 Å². The molecule has 1 N–H and O–H groups in total. The highest BCUT2D eigenvalue weighted by atomic mass is 32.2. The normalized spacial score (nSPS) is 12.8. The Kier molecular flexibility index (Phi) is 4.71.